The molecule has 0 aromatic heterocycles. The lowest BCUT2D eigenvalue weighted by Crippen LogP contribution is -2.23. The fourth-order valence-corrected chi connectivity index (χ4v) is 2.82. The van der Waals surface area contributed by atoms with Gasteiger partial charge in [-0.2, -0.15) is 0 Å². The van der Waals surface area contributed by atoms with Crippen LogP contribution in [0.1, 0.15) is 16.7 Å². The second-order valence-corrected chi connectivity index (χ2v) is 5.76. The van der Waals surface area contributed by atoms with Crippen LogP contribution < -0.4 is 4.90 Å². The van der Waals surface area contributed by atoms with Gasteiger partial charge in [0, 0.05) is 24.3 Å². The van der Waals surface area contributed by atoms with Crippen molar-refractivity contribution in [2.24, 2.45) is 0 Å². The molecular formula is C21H20FNO. The Kier molecular flexibility index (Phi) is 5.24. The van der Waals surface area contributed by atoms with E-state index in [9.17, 15) is 9.50 Å². The lowest BCUT2D eigenvalue weighted by Gasteiger charge is -2.27. The standard InChI is InChI=1S/C21H20FNO/c22-20-11-12-21(19(13-20)16-24)23(14-17-7-3-1-4-8-17)15-18-9-5-2-6-10-18/h1-13,24H,14-16H2. The number of rotatable bonds is 6. The van der Waals surface area contributed by atoms with Crippen molar-refractivity contribution in [1.29, 1.82) is 0 Å². The van der Waals surface area contributed by atoms with Crippen LogP contribution in [0, 0.1) is 5.82 Å². The van der Waals surface area contributed by atoms with Crippen LogP contribution >= 0.6 is 0 Å². The van der Waals surface area contributed by atoms with Crippen LogP contribution in [0.5, 0.6) is 0 Å². The number of hydrogen-bond acceptors (Lipinski definition) is 2. The molecule has 0 amide bonds. The van der Waals surface area contributed by atoms with E-state index >= 15 is 0 Å². The average molecular weight is 321 g/mol. The van der Waals surface area contributed by atoms with E-state index in [0.717, 1.165) is 5.69 Å². The van der Waals surface area contributed by atoms with Crippen LogP contribution in [0.25, 0.3) is 0 Å². The molecule has 1 N–H and O–H groups in total. The second-order valence-electron chi connectivity index (χ2n) is 5.76. The molecule has 0 saturated carbocycles. The monoisotopic (exact) mass is 321 g/mol. The molecule has 0 aliphatic rings. The first-order valence-corrected chi connectivity index (χ1v) is 7.98. The molecule has 0 atom stereocenters. The fourth-order valence-electron chi connectivity index (χ4n) is 2.82. The van der Waals surface area contributed by atoms with Gasteiger partial charge in [0.05, 0.1) is 6.61 Å². The lowest BCUT2D eigenvalue weighted by atomic mass is 10.1. The lowest BCUT2D eigenvalue weighted by molar-refractivity contribution is 0.281. The van der Waals surface area contributed by atoms with Crippen molar-refractivity contribution in [2.75, 3.05) is 4.90 Å². The van der Waals surface area contributed by atoms with Gasteiger partial charge in [0.25, 0.3) is 0 Å². The molecule has 2 nitrogen and oxygen atoms in total. The summed E-state index contributed by atoms with van der Waals surface area (Å²) in [6, 6.07) is 24.9. The molecule has 0 fully saturated rings. The van der Waals surface area contributed by atoms with Gasteiger partial charge < -0.3 is 10.0 Å². The minimum Gasteiger partial charge on any atom is -0.392 e. The zero-order valence-corrected chi connectivity index (χ0v) is 13.4. The first-order valence-electron chi connectivity index (χ1n) is 7.98. The molecule has 3 aromatic rings. The molecule has 0 saturated heterocycles. The Labute approximate surface area is 141 Å². The summed E-state index contributed by atoms with van der Waals surface area (Å²) in [5.74, 6) is -0.331. The van der Waals surface area contributed by atoms with E-state index in [2.05, 4.69) is 29.2 Å². The molecule has 0 heterocycles. The predicted octanol–water partition coefficient (Wildman–Crippen LogP) is 4.52. The highest BCUT2D eigenvalue weighted by molar-refractivity contribution is 5.54. The maximum Gasteiger partial charge on any atom is 0.123 e. The summed E-state index contributed by atoms with van der Waals surface area (Å²) in [6.07, 6.45) is 0. The average Bonchev–Trinajstić information content (AvgIpc) is 2.63. The Morgan fingerprint density at radius 3 is 1.79 bits per heavy atom. The maximum atomic E-state index is 13.5. The van der Waals surface area contributed by atoms with Crippen LogP contribution in [-0.2, 0) is 19.7 Å². The van der Waals surface area contributed by atoms with Gasteiger partial charge >= 0.3 is 0 Å². The summed E-state index contributed by atoms with van der Waals surface area (Å²) in [5, 5.41) is 9.63. The molecule has 0 spiro atoms. The summed E-state index contributed by atoms with van der Waals surface area (Å²) in [6.45, 7) is 1.19. The van der Waals surface area contributed by atoms with Crippen LogP contribution in [0.2, 0.25) is 0 Å². The summed E-state index contributed by atoms with van der Waals surface area (Å²) < 4.78 is 13.5. The van der Waals surface area contributed by atoms with Crippen molar-refractivity contribution in [3.63, 3.8) is 0 Å². The molecule has 0 unspecified atom stereocenters. The highest BCUT2D eigenvalue weighted by Crippen LogP contribution is 2.25. The number of nitrogens with zero attached hydrogens (tertiary/aromatic N) is 1. The third-order valence-electron chi connectivity index (χ3n) is 3.99. The Balaban J connectivity index is 1.95. The Bertz CT molecular complexity index is 733. The van der Waals surface area contributed by atoms with Gasteiger partial charge in [0.1, 0.15) is 5.82 Å². The second kappa shape index (κ2) is 7.75. The van der Waals surface area contributed by atoms with Crippen molar-refractivity contribution in [3.8, 4) is 0 Å². The molecule has 0 bridgehead atoms. The highest BCUT2D eigenvalue weighted by Gasteiger charge is 2.13. The minimum absolute atomic E-state index is 0.187. The zero-order valence-electron chi connectivity index (χ0n) is 13.4. The van der Waals surface area contributed by atoms with Crippen LogP contribution in [-0.4, -0.2) is 5.11 Å². The molecule has 3 heteroatoms. The predicted molar refractivity (Wildman–Crippen MR) is 95.1 cm³/mol. The van der Waals surface area contributed by atoms with Crippen LogP contribution in [0.3, 0.4) is 0 Å². The van der Waals surface area contributed by atoms with E-state index < -0.39 is 0 Å². The van der Waals surface area contributed by atoms with Gasteiger partial charge in [-0.3, -0.25) is 0 Å². The molecule has 3 aromatic carbocycles. The largest absolute Gasteiger partial charge is 0.392 e. The SMILES string of the molecule is OCc1cc(F)ccc1N(Cc1ccccc1)Cc1ccccc1. The van der Waals surface area contributed by atoms with E-state index in [1.54, 1.807) is 6.07 Å². The van der Waals surface area contributed by atoms with Crippen molar-refractivity contribution in [1.82, 2.24) is 0 Å². The van der Waals surface area contributed by atoms with Crippen molar-refractivity contribution in [2.45, 2.75) is 19.7 Å². The van der Waals surface area contributed by atoms with E-state index in [4.69, 9.17) is 0 Å². The van der Waals surface area contributed by atoms with E-state index in [1.807, 2.05) is 36.4 Å². The summed E-state index contributed by atoms with van der Waals surface area (Å²) in [4.78, 5) is 2.16. The number of hydrogen-bond donors (Lipinski definition) is 1. The van der Waals surface area contributed by atoms with Crippen LogP contribution in [0.4, 0.5) is 10.1 Å². The molecule has 24 heavy (non-hydrogen) atoms. The molecule has 122 valence electrons. The maximum absolute atomic E-state index is 13.5. The van der Waals surface area contributed by atoms with Crippen molar-refractivity contribution < 1.29 is 9.50 Å². The summed E-state index contributed by atoms with van der Waals surface area (Å²) >= 11 is 0. The Morgan fingerprint density at radius 1 is 0.750 bits per heavy atom. The fraction of sp³-hybridized carbons (Fsp3) is 0.143. The minimum atomic E-state index is -0.331. The van der Waals surface area contributed by atoms with Gasteiger partial charge in [-0.25, -0.2) is 4.39 Å². The van der Waals surface area contributed by atoms with Gasteiger partial charge in [0.2, 0.25) is 0 Å². The molecule has 3 rings (SSSR count). The molecule has 0 radical (unpaired) electrons. The normalized spacial score (nSPS) is 10.6. The number of anilines is 1. The summed E-state index contributed by atoms with van der Waals surface area (Å²) in [5.41, 5.74) is 3.79. The number of benzene rings is 3. The molecular weight excluding hydrogens is 301 g/mol. The van der Waals surface area contributed by atoms with Gasteiger partial charge in [-0.1, -0.05) is 60.7 Å². The van der Waals surface area contributed by atoms with Crippen molar-refractivity contribution in [3.05, 3.63) is 101 Å². The quantitative estimate of drug-likeness (QED) is 0.721. The number of aliphatic hydroxyl groups is 1. The van der Waals surface area contributed by atoms with E-state index in [0.29, 0.717) is 18.7 Å². The molecule has 0 aliphatic heterocycles. The van der Waals surface area contributed by atoms with E-state index in [-0.39, 0.29) is 12.4 Å². The number of halogens is 1. The topological polar surface area (TPSA) is 23.5 Å². The smallest absolute Gasteiger partial charge is 0.123 e. The Morgan fingerprint density at radius 2 is 1.29 bits per heavy atom. The third kappa shape index (κ3) is 4.00. The molecule has 0 aliphatic carbocycles. The zero-order chi connectivity index (χ0) is 16.8. The van der Waals surface area contributed by atoms with Crippen molar-refractivity contribution >= 4 is 5.69 Å². The third-order valence-corrected chi connectivity index (χ3v) is 3.99. The van der Waals surface area contributed by atoms with Crippen LogP contribution in [0.15, 0.2) is 78.9 Å². The highest BCUT2D eigenvalue weighted by atomic mass is 19.1. The number of aliphatic hydroxyl groups excluding tert-OH is 1. The Hall–Kier alpha value is -2.65. The first kappa shape index (κ1) is 16.2. The van der Waals surface area contributed by atoms with Gasteiger partial charge in [-0.05, 0) is 29.3 Å². The first-order chi connectivity index (χ1) is 11.8. The van der Waals surface area contributed by atoms with Gasteiger partial charge in [-0.15, -0.1) is 0 Å². The van der Waals surface area contributed by atoms with Gasteiger partial charge in [0.15, 0.2) is 0 Å². The summed E-state index contributed by atoms with van der Waals surface area (Å²) in [7, 11) is 0. The van der Waals surface area contributed by atoms with E-state index in [1.165, 1.54) is 23.3 Å².